The molecule has 0 radical (unpaired) electrons. The van der Waals surface area contributed by atoms with Gasteiger partial charge in [0.05, 0.1) is 12.3 Å². The summed E-state index contributed by atoms with van der Waals surface area (Å²) in [5.41, 5.74) is 0.798. The number of aromatic amines is 1. The highest BCUT2D eigenvalue weighted by Crippen LogP contribution is 2.33. The Morgan fingerprint density at radius 3 is 2.56 bits per heavy atom. The maximum absolute atomic E-state index is 11.4. The van der Waals surface area contributed by atoms with Crippen LogP contribution >= 0.6 is 0 Å². The Labute approximate surface area is 103 Å². The second-order valence-electron chi connectivity index (χ2n) is 4.42. The minimum absolute atomic E-state index is 0.258. The van der Waals surface area contributed by atoms with Crippen molar-refractivity contribution in [3.8, 4) is 0 Å². The summed E-state index contributed by atoms with van der Waals surface area (Å²) in [6.45, 7) is 2.79. The Balaban J connectivity index is 2.38. The van der Waals surface area contributed by atoms with Gasteiger partial charge in [0.25, 0.3) is 5.56 Å². The van der Waals surface area contributed by atoms with E-state index in [9.17, 15) is 15.0 Å². The fourth-order valence-corrected chi connectivity index (χ4v) is 2.04. The van der Waals surface area contributed by atoms with Crippen LogP contribution in [0.1, 0.15) is 23.2 Å². The first kappa shape index (κ1) is 13.2. The van der Waals surface area contributed by atoms with E-state index >= 15 is 0 Å². The third-order valence-corrected chi connectivity index (χ3v) is 3.11. The molecule has 1 unspecified atom stereocenters. The van der Waals surface area contributed by atoms with Gasteiger partial charge in [-0.3, -0.25) is 4.79 Å². The van der Waals surface area contributed by atoms with Crippen molar-refractivity contribution in [2.45, 2.75) is 38.3 Å². The number of hydrogen-bond acceptors (Lipinski definition) is 6. The molecule has 4 N–H and O–H groups in total. The molecule has 7 heteroatoms. The summed E-state index contributed by atoms with van der Waals surface area (Å²) in [6.07, 6.45) is -4.06. The van der Waals surface area contributed by atoms with E-state index in [4.69, 9.17) is 9.84 Å². The van der Waals surface area contributed by atoms with Crippen molar-refractivity contribution in [2.24, 2.45) is 0 Å². The number of nitrogens with zero attached hydrogens (tertiary/aromatic N) is 1. The van der Waals surface area contributed by atoms with Gasteiger partial charge in [-0.15, -0.1) is 0 Å². The normalized spacial score (nSPS) is 31.8. The third-order valence-electron chi connectivity index (χ3n) is 3.11. The Morgan fingerprint density at radius 1 is 1.33 bits per heavy atom. The first-order valence-corrected chi connectivity index (χ1v) is 5.65. The number of aliphatic hydroxyl groups is 3. The van der Waals surface area contributed by atoms with Gasteiger partial charge in [-0.2, -0.15) is 0 Å². The lowest BCUT2D eigenvalue weighted by Gasteiger charge is -2.16. The van der Waals surface area contributed by atoms with E-state index < -0.39 is 31.0 Å². The first-order valence-electron chi connectivity index (χ1n) is 5.65. The predicted molar refractivity (Wildman–Crippen MR) is 61.0 cm³/mol. The van der Waals surface area contributed by atoms with Crippen LogP contribution in [-0.2, 0) is 4.74 Å². The second-order valence-corrected chi connectivity index (χ2v) is 4.42. The molecule has 0 spiro atoms. The Hall–Kier alpha value is -1.28. The van der Waals surface area contributed by atoms with Gasteiger partial charge in [0.2, 0.25) is 0 Å². The van der Waals surface area contributed by atoms with Crippen LogP contribution in [-0.4, -0.2) is 50.2 Å². The van der Waals surface area contributed by atoms with E-state index in [0.717, 1.165) is 0 Å². The third kappa shape index (κ3) is 2.05. The van der Waals surface area contributed by atoms with Crippen molar-refractivity contribution in [1.82, 2.24) is 9.97 Å². The fourth-order valence-electron chi connectivity index (χ4n) is 2.04. The SMILES string of the molecule is Cc1[nH]c(=O)c(C)nc1[C@@H]1O[C@H](CO)C(O)[C@@H]1O. The number of hydrogen-bond donors (Lipinski definition) is 4. The molecule has 2 heterocycles. The van der Waals surface area contributed by atoms with Gasteiger partial charge < -0.3 is 25.0 Å². The van der Waals surface area contributed by atoms with Crippen LogP contribution in [0.15, 0.2) is 4.79 Å². The highest BCUT2D eigenvalue weighted by molar-refractivity contribution is 5.18. The zero-order chi connectivity index (χ0) is 13.4. The average molecular weight is 256 g/mol. The molecule has 1 saturated heterocycles. The standard InChI is InChI=1S/C11H16N2O5/c1-4-7(12-5(2)11(17)13-4)10-9(16)8(15)6(3-14)18-10/h6,8-10,14-16H,3H2,1-2H3,(H,13,17)/t6-,8?,9+,10+/m1/s1. The number of aliphatic hydroxyl groups excluding tert-OH is 3. The molecule has 0 saturated carbocycles. The highest BCUT2D eigenvalue weighted by Gasteiger charge is 2.44. The van der Waals surface area contributed by atoms with Crippen molar-refractivity contribution in [1.29, 1.82) is 0 Å². The molecule has 0 aliphatic carbocycles. The number of nitrogens with one attached hydrogen (secondary N) is 1. The van der Waals surface area contributed by atoms with Crippen molar-refractivity contribution < 1.29 is 20.1 Å². The van der Waals surface area contributed by atoms with Crippen LogP contribution in [0.3, 0.4) is 0 Å². The lowest BCUT2D eigenvalue weighted by atomic mass is 10.0. The van der Waals surface area contributed by atoms with Crippen molar-refractivity contribution >= 4 is 0 Å². The van der Waals surface area contributed by atoms with Gasteiger partial charge in [-0.1, -0.05) is 0 Å². The Bertz CT molecular complexity index is 501. The molecule has 7 nitrogen and oxygen atoms in total. The molecule has 1 aromatic rings. The number of ether oxygens (including phenoxy) is 1. The number of rotatable bonds is 2. The van der Waals surface area contributed by atoms with E-state index in [1.807, 2.05) is 0 Å². The first-order chi connectivity index (χ1) is 8.45. The predicted octanol–water partition coefficient (Wildman–Crippen LogP) is -1.46. The maximum atomic E-state index is 11.4. The van der Waals surface area contributed by atoms with Crippen molar-refractivity contribution in [3.63, 3.8) is 0 Å². The zero-order valence-electron chi connectivity index (χ0n) is 10.1. The zero-order valence-corrected chi connectivity index (χ0v) is 10.1. The highest BCUT2D eigenvalue weighted by atomic mass is 16.6. The summed E-state index contributed by atoms with van der Waals surface area (Å²) in [5, 5.41) is 28.6. The van der Waals surface area contributed by atoms with Crippen LogP contribution in [0.5, 0.6) is 0 Å². The molecule has 1 aromatic heterocycles. The molecule has 1 aliphatic heterocycles. The van der Waals surface area contributed by atoms with Gasteiger partial charge in [0, 0.05) is 5.69 Å². The van der Waals surface area contributed by atoms with E-state index in [1.165, 1.54) is 0 Å². The van der Waals surface area contributed by atoms with E-state index in [1.54, 1.807) is 13.8 Å². The molecule has 18 heavy (non-hydrogen) atoms. The molecule has 1 aliphatic rings. The summed E-state index contributed by atoms with van der Waals surface area (Å²) in [7, 11) is 0. The van der Waals surface area contributed by atoms with Crippen LogP contribution in [0.25, 0.3) is 0 Å². The lowest BCUT2D eigenvalue weighted by molar-refractivity contribution is -0.0243. The minimum atomic E-state index is -1.18. The summed E-state index contributed by atoms with van der Waals surface area (Å²) in [6, 6.07) is 0. The lowest BCUT2D eigenvalue weighted by Crippen LogP contribution is -2.32. The number of aromatic nitrogens is 2. The van der Waals surface area contributed by atoms with Crippen LogP contribution in [0, 0.1) is 13.8 Å². The van der Waals surface area contributed by atoms with Crippen molar-refractivity contribution in [2.75, 3.05) is 6.61 Å². The van der Waals surface area contributed by atoms with Gasteiger partial charge >= 0.3 is 0 Å². The van der Waals surface area contributed by atoms with Gasteiger partial charge in [0.1, 0.15) is 30.1 Å². The van der Waals surface area contributed by atoms with E-state index in [2.05, 4.69) is 9.97 Å². The minimum Gasteiger partial charge on any atom is -0.394 e. The topological polar surface area (TPSA) is 116 Å². The van der Waals surface area contributed by atoms with Gasteiger partial charge in [-0.25, -0.2) is 4.98 Å². The monoisotopic (exact) mass is 256 g/mol. The molecule has 100 valence electrons. The average Bonchev–Trinajstić information content (AvgIpc) is 2.61. The summed E-state index contributed by atoms with van der Waals surface area (Å²) in [4.78, 5) is 18.0. The number of aryl methyl sites for hydroxylation is 2. The molecule has 1 fully saturated rings. The molecule has 0 bridgehead atoms. The smallest absolute Gasteiger partial charge is 0.269 e. The molecule has 2 rings (SSSR count). The van der Waals surface area contributed by atoms with Gasteiger partial charge in [0.15, 0.2) is 0 Å². The number of H-pyrrole nitrogens is 1. The largest absolute Gasteiger partial charge is 0.394 e. The summed E-state index contributed by atoms with van der Waals surface area (Å²) < 4.78 is 5.36. The van der Waals surface area contributed by atoms with Gasteiger partial charge in [-0.05, 0) is 13.8 Å². The molecule has 0 aromatic carbocycles. The van der Waals surface area contributed by atoms with Crippen molar-refractivity contribution in [3.05, 3.63) is 27.4 Å². The molecular formula is C11H16N2O5. The maximum Gasteiger partial charge on any atom is 0.269 e. The fraction of sp³-hybridized carbons (Fsp3) is 0.636. The second kappa shape index (κ2) is 4.77. The molecule has 4 atom stereocenters. The quantitative estimate of drug-likeness (QED) is 0.514. The van der Waals surface area contributed by atoms with E-state index in [0.29, 0.717) is 11.4 Å². The summed E-state index contributed by atoms with van der Waals surface area (Å²) in [5.74, 6) is 0. The Morgan fingerprint density at radius 2 is 2.00 bits per heavy atom. The van der Waals surface area contributed by atoms with Crippen LogP contribution < -0.4 is 5.56 Å². The van der Waals surface area contributed by atoms with E-state index in [-0.39, 0.29) is 11.3 Å². The molecular weight excluding hydrogens is 240 g/mol. The summed E-state index contributed by atoms with van der Waals surface area (Å²) >= 11 is 0. The molecule has 0 amide bonds. The van der Waals surface area contributed by atoms with Crippen LogP contribution in [0.4, 0.5) is 0 Å². The Kier molecular flexibility index (Phi) is 3.49. The van der Waals surface area contributed by atoms with Crippen LogP contribution in [0.2, 0.25) is 0 Å².